The molecule has 2 aliphatic rings. The van der Waals surface area contributed by atoms with Crippen LogP contribution in [0.1, 0.15) is 25.3 Å². The second-order valence-electron chi connectivity index (χ2n) is 6.36. The van der Waals surface area contributed by atoms with E-state index in [1.54, 1.807) is 0 Å². The molecule has 0 amide bonds. The van der Waals surface area contributed by atoms with E-state index in [-0.39, 0.29) is 6.79 Å². The van der Waals surface area contributed by atoms with E-state index in [2.05, 4.69) is 11.8 Å². The fraction of sp³-hybridized carbons (Fsp3) is 0.647. The van der Waals surface area contributed by atoms with Gasteiger partial charge in [-0.25, -0.2) is 0 Å². The highest BCUT2D eigenvalue weighted by Gasteiger charge is 2.19. The van der Waals surface area contributed by atoms with Gasteiger partial charge in [0.2, 0.25) is 6.79 Å². The average molecular weight is 307 g/mol. The zero-order valence-electron chi connectivity index (χ0n) is 13.2. The van der Waals surface area contributed by atoms with Crippen LogP contribution in [-0.4, -0.2) is 49.1 Å². The van der Waals surface area contributed by atoms with Gasteiger partial charge in [-0.05, 0) is 43.0 Å². The number of benzene rings is 1. The molecule has 122 valence electrons. The lowest BCUT2D eigenvalue weighted by atomic mass is 10.0. The number of nitrogens with zero attached hydrogens (tertiary/aromatic N) is 1. The summed E-state index contributed by atoms with van der Waals surface area (Å²) < 4.78 is 16.3. The lowest BCUT2D eigenvalue weighted by Crippen LogP contribution is -2.40. The van der Waals surface area contributed by atoms with Crippen molar-refractivity contribution in [2.24, 2.45) is 5.92 Å². The standard InChI is InChI=1S/C17H25NO4/c1-13-3-2-6-18(8-13)9-15(19)11-20-10-14-4-5-16-17(7-14)22-12-21-16/h4-5,7,13,15,19H,2-3,6,8-12H2,1H3/t13-,15-/m0/s1. The highest BCUT2D eigenvalue weighted by Crippen LogP contribution is 2.32. The molecule has 0 radical (unpaired) electrons. The maximum absolute atomic E-state index is 10.1. The summed E-state index contributed by atoms with van der Waals surface area (Å²) in [6, 6.07) is 5.79. The maximum Gasteiger partial charge on any atom is 0.231 e. The summed E-state index contributed by atoms with van der Waals surface area (Å²) in [5.74, 6) is 2.28. The molecule has 3 rings (SSSR count). The molecule has 1 N–H and O–H groups in total. The van der Waals surface area contributed by atoms with Crippen molar-refractivity contribution in [2.75, 3.05) is 33.0 Å². The number of fused-ring (bicyclic) bond motifs is 1. The average Bonchev–Trinajstić information content (AvgIpc) is 2.95. The number of aliphatic hydroxyl groups excluding tert-OH is 1. The summed E-state index contributed by atoms with van der Waals surface area (Å²) in [5, 5.41) is 10.1. The predicted octanol–water partition coefficient (Wildman–Crippen LogP) is 2.02. The smallest absolute Gasteiger partial charge is 0.231 e. The van der Waals surface area contributed by atoms with Crippen molar-refractivity contribution in [3.63, 3.8) is 0 Å². The molecular formula is C17H25NO4. The van der Waals surface area contributed by atoms with Gasteiger partial charge in [-0.2, -0.15) is 0 Å². The third-order valence-corrected chi connectivity index (χ3v) is 4.23. The van der Waals surface area contributed by atoms with Gasteiger partial charge in [0.15, 0.2) is 11.5 Å². The molecule has 1 aromatic rings. The SMILES string of the molecule is C[C@H]1CCCN(C[C@H](O)COCc2ccc3c(c2)OCO3)C1. The molecule has 0 unspecified atom stereocenters. The van der Waals surface area contributed by atoms with Gasteiger partial charge in [0.1, 0.15) is 0 Å². The Morgan fingerprint density at radius 3 is 3.09 bits per heavy atom. The van der Waals surface area contributed by atoms with Crippen molar-refractivity contribution in [1.82, 2.24) is 4.90 Å². The van der Waals surface area contributed by atoms with Crippen molar-refractivity contribution in [3.8, 4) is 11.5 Å². The van der Waals surface area contributed by atoms with Crippen molar-refractivity contribution < 1.29 is 19.3 Å². The van der Waals surface area contributed by atoms with Crippen molar-refractivity contribution in [3.05, 3.63) is 23.8 Å². The van der Waals surface area contributed by atoms with E-state index >= 15 is 0 Å². The molecule has 5 heteroatoms. The summed E-state index contributed by atoms with van der Waals surface area (Å²) >= 11 is 0. The van der Waals surface area contributed by atoms with E-state index in [0.29, 0.717) is 19.8 Å². The second kappa shape index (κ2) is 7.31. The largest absolute Gasteiger partial charge is 0.454 e. The number of likely N-dealkylation sites (tertiary alicyclic amines) is 1. The van der Waals surface area contributed by atoms with Crippen LogP contribution in [-0.2, 0) is 11.3 Å². The van der Waals surface area contributed by atoms with Gasteiger partial charge >= 0.3 is 0 Å². The maximum atomic E-state index is 10.1. The minimum atomic E-state index is -0.431. The Balaban J connectivity index is 1.39. The number of hydrogen-bond donors (Lipinski definition) is 1. The molecule has 2 atom stereocenters. The van der Waals surface area contributed by atoms with Crippen molar-refractivity contribution in [2.45, 2.75) is 32.5 Å². The highest BCUT2D eigenvalue weighted by atomic mass is 16.7. The van der Waals surface area contributed by atoms with E-state index in [9.17, 15) is 5.11 Å². The number of piperidine rings is 1. The van der Waals surface area contributed by atoms with E-state index in [1.807, 2.05) is 18.2 Å². The number of rotatable bonds is 6. The zero-order valence-corrected chi connectivity index (χ0v) is 13.2. The lowest BCUT2D eigenvalue weighted by Gasteiger charge is -2.32. The minimum absolute atomic E-state index is 0.284. The van der Waals surface area contributed by atoms with Crippen LogP contribution in [0.25, 0.3) is 0 Å². The first-order chi connectivity index (χ1) is 10.7. The molecule has 0 spiro atoms. The van der Waals surface area contributed by atoms with Crippen LogP contribution >= 0.6 is 0 Å². The summed E-state index contributed by atoms with van der Waals surface area (Å²) in [6.45, 7) is 6.26. The lowest BCUT2D eigenvalue weighted by molar-refractivity contribution is 0.00374. The Bertz CT molecular complexity index is 494. The Labute approximate surface area is 131 Å². The first-order valence-electron chi connectivity index (χ1n) is 8.07. The van der Waals surface area contributed by atoms with E-state index in [0.717, 1.165) is 36.1 Å². The Kier molecular flexibility index (Phi) is 5.18. The molecule has 0 bridgehead atoms. The molecule has 22 heavy (non-hydrogen) atoms. The van der Waals surface area contributed by atoms with Gasteiger partial charge in [0, 0.05) is 13.1 Å². The van der Waals surface area contributed by atoms with Gasteiger partial charge in [0.05, 0.1) is 19.3 Å². The van der Waals surface area contributed by atoms with Crippen LogP contribution in [0, 0.1) is 5.92 Å². The molecule has 1 aromatic carbocycles. The Morgan fingerprint density at radius 2 is 2.23 bits per heavy atom. The number of ether oxygens (including phenoxy) is 3. The normalized spacial score (nSPS) is 22.7. The molecule has 1 fully saturated rings. The topological polar surface area (TPSA) is 51.2 Å². The molecule has 0 aromatic heterocycles. The van der Waals surface area contributed by atoms with Gasteiger partial charge < -0.3 is 24.2 Å². The summed E-state index contributed by atoms with van der Waals surface area (Å²) in [7, 11) is 0. The third-order valence-electron chi connectivity index (χ3n) is 4.23. The van der Waals surface area contributed by atoms with Crippen LogP contribution in [0.4, 0.5) is 0 Å². The van der Waals surface area contributed by atoms with Crippen LogP contribution in [0.5, 0.6) is 11.5 Å². The van der Waals surface area contributed by atoms with E-state index in [1.165, 1.54) is 12.8 Å². The zero-order chi connectivity index (χ0) is 15.4. The van der Waals surface area contributed by atoms with E-state index in [4.69, 9.17) is 14.2 Å². The molecule has 2 heterocycles. The second-order valence-corrected chi connectivity index (χ2v) is 6.36. The predicted molar refractivity (Wildman–Crippen MR) is 83.1 cm³/mol. The van der Waals surface area contributed by atoms with Gasteiger partial charge in [-0.3, -0.25) is 0 Å². The highest BCUT2D eigenvalue weighted by molar-refractivity contribution is 5.44. The van der Waals surface area contributed by atoms with Crippen molar-refractivity contribution in [1.29, 1.82) is 0 Å². The Morgan fingerprint density at radius 1 is 1.36 bits per heavy atom. The van der Waals surface area contributed by atoms with Gasteiger partial charge in [-0.1, -0.05) is 13.0 Å². The minimum Gasteiger partial charge on any atom is -0.454 e. The van der Waals surface area contributed by atoms with Gasteiger partial charge in [-0.15, -0.1) is 0 Å². The van der Waals surface area contributed by atoms with E-state index < -0.39 is 6.10 Å². The number of β-amino-alcohol motifs (C(OH)–C–C–N with tert-alkyl or cyclic N) is 1. The number of aliphatic hydroxyl groups is 1. The first-order valence-corrected chi connectivity index (χ1v) is 8.07. The quantitative estimate of drug-likeness (QED) is 0.871. The fourth-order valence-corrected chi connectivity index (χ4v) is 3.15. The Hall–Kier alpha value is -1.30. The monoisotopic (exact) mass is 307 g/mol. The summed E-state index contributed by atoms with van der Waals surface area (Å²) in [6.07, 6.45) is 2.10. The summed E-state index contributed by atoms with van der Waals surface area (Å²) in [5.41, 5.74) is 1.03. The fourth-order valence-electron chi connectivity index (χ4n) is 3.15. The van der Waals surface area contributed by atoms with Crippen LogP contribution < -0.4 is 9.47 Å². The van der Waals surface area contributed by atoms with Crippen molar-refractivity contribution >= 4 is 0 Å². The molecule has 1 saturated heterocycles. The van der Waals surface area contributed by atoms with Crippen LogP contribution in [0.3, 0.4) is 0 Å². The molecule has 2 aliphatic heterocycles. The first kappa shape index (κ1) is 15.6. The molecule has 0 saturated carbocycles. The third kappa shape index (κ3) is 4.12. The van der Waals surface area contributed by atoms with Gasteiger partial charge in [0.25, 0.3) is 0 Å². The van der Waals surface area contributed by atoms with Crippen LogP contribution in [0.15, 0.2) is 18.2 Å². The number of hydrogen-bond acceptors (Lipinski definition) is 5. The van der Waals surface area contributed by atoms with Crippen LogP contribution in [0.2, 0.25) is 0 Å². The molecule has 0 aliphatic carbocycles. The molecule has 5 nitrogen and oxygen atoms in total. The molecular weight excluding hydrogens is 282 g/mol. The summed E-state index contributed by atoms with van der Waals surface area (Å²) in [4.78, 5) is 2.34.